The van der Waals surface area contributed by atoms with Crippen molar-refractivity contribution < 1.29 is 17.8 Å². The molecule has 1 aliphatic carbocycles. The molecule has 0 saturated carbocycles. The quantitative estimate of drug-likeness (QED) is 0.533. The molecule has 1 N–H and O–H groups in total. The molecular formula is C19H18N2O5S. The number of rotatable bonds is 4. The van der Waals surface area contributed by atoms with Gasteiger partial charge in [0.15, 0.2) is 0 Å². The smallest absolute Gasteiger partial charge is 0.270 e. The van der Waals surface area contributed by atoms with Gasteiger partial charge in [0.25, 0.3) is 15.7 Å². The standard InChI is InChI=1S/C19H18N2O5S/c1-12-5-7-18-16(9-12)17-10-13(6-8-19(17)26-18)20-27(24,25)15-4-2-3-14(11-15)21(22)23/h2-4,6,8,10-12,20H,5,7,9H2,1H3/t12-/m1/s1. The van der Waals surface area contributed by atoms with Crippen molar-refractivity contribution in [3.05, 3.63) is 63.9 Å². The van der Waals surface area contributed by atoms with Crippen LogP contribution in [-0.4, -0.2) is 13.3 Å². The van der Waals surface area contributed by atoms with E-state index in [9.17, 15) is 18.5 Å². The molecule has 27 heavy (non-hydrogen) atoms. The van der Waals surface area contributed by atoms with Gasteiger partial charge in [0.05, 0.1) is 9.82 Å². The van der Waals surface area contributed by atoms with E-state index >= 15 is 0 Å². The molecule has 1 aliphatic rings. The Balaban J connectivity index is 1.69. The molecule has 4 rings (SSSR count). The van der Waals surface area contributed by atoms with Crippen LogP contribution >= 0.6 is 0 Å². The number of non-ortho nitro benzene ring substituents is 1. The summed E-state index contributed by atoms with van der Waals surface area (Å²) in [5.74, 6) is 1.53. The van der Waals surface area contributed by atoms with Crippen molar-refractivity contribution in [3.63, 3.8) is 0 Å². The molecule has 0 amide bonds. The lowest BCUT2D eigenvalue weighted by molar-refractivity contribution is -0.385. The first-order chi connectivity index (χ1) is 12.8. The first-order valence-electron chi connectivity index (χ1n) is 8.65. The largest absolute Gasteiger partial charge is 0.461 e. The van der Waals surface area contributed by atoms with Gasteiger partial charge in [0, 0.05) is 35.2 Å². The predicted octanol–water partition coefficient (Wildman–Crippen LogP) is 4.27. The normalized spacial score (nSPS) is 16.9. The third-order valence-corrected chi connectivity index (χ3v) is 6.26. The van der Waals surface area contributed by atoms with Crippen LogP contribution in [-0.2, 0) is 22.9 Å². The molecule has 0 unspecified atom stereocenters. The number of hydrogen-bond acceptors (Lipinski definition) is 5. The predicted molar refractivity (Wildman–Crippen MR) is 101 cm³/mol. The number of nitrogens with zero attached hydrogens (tertiary/aromatic N) is 1. The molecule has 0 fully saturated rings. The Kier molecular flexibility index (Phi) is 4.15. The number of anilines is 1. The first kappa shape index (κ1) is 17.5. The Labute approximate surface area is 156 Å². The summed E-state index contributed by atoms with van der Waals surface area (Å²) in [7, 11) is -3.94. The average Bonchev–Trinajstić information content (AvgIpc) is 2.99. The highest BCUT2D eigenvalue weighted by Crippen LogP contribution is 2.35. The van der Waals surface area contributed by atoms with Gasteiger partial charge in [-0.1, -0.05) is 13.0 Å². The molecule has 140 valence electrons. The fraction of sp³-hybridized carbons (Fsp3) is 0.263. The van der Waals surface area contributed by atoms with E-state index in [1.807, 2.05) is 0 Å². The minimum absolute atomic E-state index is 0.153. The van der Waals surface area contributed by atoms with Gasteiger partial charge in [0.1, 0.15) is 11.3 Å². The fourth-order valence-corrected chi connectivity index (χ4v) is 4.58. The van der Waals surface area contributed by atoms with Gasteiger partial charge in [-0.3, -0.25) is 14.8 Å². The lowest BCUT2D eigenvalue weighted by atomic mass is 9.88. The van der Waals surface area contributed by atoms with Gasteiger partial charge in [-0.25, -0.2) is 8.42 Å². The van der Waals surface area contributed by atoms with E-state index in [0.717, 1.165) is 47.6 Å². The van der Waals surface area contributed by atoms with Gasteiger partial charge < -0.3 is 4.42 Å². The second-order valence-corrected chi connectivity index (χ2v) is 8.61. The fourth-order valence-electron chi connectivity index (χ4n) is 3.49. The van der Waals surface area contributed by atoms with E-state index in [0.29, 0.717) is 11.6 Å². The van der Waals surface area contributed by atoms with Gasteiger partial charge >= 0.3 is 0 Å². The summed E-state index contributed by atoms with van der Waals surface area (Å²) in [6.45, 7) is 2.19. The molecule has 0 aliphatic heterocycles. The summed E-state index contributed by atoms with van der Waals surface area (Å²) in [5, 5.41) is 11.8. The minimum Gasteiger partial charge on any atom is -0.461 e. The summed E-state index contributed by atoms with van der Waals surface area (Å²) in [6, 6.07) is 10.1. The molecule has 8 heteroatoms. The zero-order valence-electron chi connectivity index (χ0n) is 14.6. The average molecular weight is 386 g/mol. The number of sulfonamides is 1. The van der Waals surface area contributed by atoms with Crippen molar-refractivity contribution in [1.29, 1.82) is 0 Å². The molecule has 2 aromatic carbocycles. The molecule has 7 nitrogen and oxygen atoms in total. The summed E-state index contributed by atoms with van der Waals surface area (Å²) < 4.78 is 33.7. The molecule has 0 bridgehead atoms. The number of nitro benzene ring substituents is 1. The van der Waals surface area contributed by atoms with Crippen molar-refractivity contribution in [2.75, 3.05) is 4.72 Å². The maximum atomic E-state index is 12.6. The third-order valence-electron chi connectivity index (χ3n) is 4.88. The highest BCUT2D eigenvalue weighted by molar-refractivity contribution is 7.92. The third kappa shape index (κ3) is 3.28. The summed E-state index contributed by atoms with van der Waals surface area (Å²) in [6.07, 6.45) is 2.88. The van der Waals surface area contributed by atoms with E-state index in [2.05, 4.69) is 11.6 Å². The Hall–Kier alpha value is -2.87. The lowest BCUT2D eigenvalue weighted by Gasteiger charge is -2.16. The Morgan fingerprint density at radius 2 is 2.04 bits per heavy atom. The first-order valence-corrected chi connectivity index (χ1v) is 10.1. The number of fused-ring (bicyclic) bond motifs is 3. The maximum absolute atomic E-state index is 12.6. The van der Waals surface area contributed by atoms with Gasteiger partial charge in [0.2, 0.25) is 0 Å². The van der Waals surface area contributed by atoms with Crippen LogP contribution in [0.4, 0.5) is 11.4 Å². The van der Waals surface area contributed by atoms with Crippen molar-refractivity contribution >= 4 is 32.4 Å². The van der Waals surface area contributed by atoms with Crippen LogP contribution in [0, 0.1) is 16.0 Å². The van der Waals surface area contributed by atoms with Crippen LogP contribution < -0.4 is 4.72 Å². The van der Waals surface area contributed by atoms with Crippen LogP contribution in [0.25, 0.3) is 11.0 Å². The number of benzene rings is 2. The Morgan fingerprint density at radius 3 is 2.81 bits per heavy atom. The number of furan rings is 1. The number of nitro groups is 1. The van der Waals surface area contributed by atoms with Gasteiger partial charge in [-0.15, -0.1) is 0 Å². The van der Waals surface area contributed by atoms with E-state index in [1.165, 1.54) is 18.2 Å². The van der Waals surface area contributed by atoms with Crippen molar-refractivity contribution in [2.45, 2.75) is 31.1 Å². The summed E-state index contributed by atoms with van der Waals surface area (Å²) in [5.41, 5.74) is 2.01. The highest BCUT2D eigenvalue weighted by Gasteiger charge is 2.23. The molecular weight excluding hydrogens is 368 g/mol. The Bertz CT molecular complexity index is 1150. The van der Waals surface area contributed by atoms with E-state index < -0.39 is 14.9 Å². The topological polar surface area (TPSA) is 102 Å². The molecule has 0 radical (unpaired) electrons. The van der Waals surface area contributed by atoms with Gasteiger partial charge in [-0.2, -0.15) is 0 Å². The van der Waals surface area contributed by atoms with Crippen LogP contribution in [0.5, 0.6) is 0 Å². The minimum atomic E-state index is -3.94. The van der Waals surface area contributed by atoms with Crippen molar-refractivity contribution in [1.82, 2.24) is 0 Å². The second kappa shape index (κ2) is 6.38. The van der Waals surface area contributed by atoms with E-state index in [4.69, 9.17) is 4.42 Å². The van der Waals surface area contributed by atoms with Crippen LogP contribution in [0.2, 0.25) is 0 Å². The van der Waals surface area contributed by atoms with Crippen molar-refractivity contribution in [2.24, 2.45) is 5.92 Å². The number of hydrogen-bond donors (Lipinski definition) is 1. The zero-order valence-corrected chi connectivity index (χ0v) is 15.5. The highest BCUT2D eigenvalue weighted by atomic mass is 32.2. The molecule has 1 aromatic heterocycles. The van der Waals surface area contributed by atoms with Crippen LogP contribution in [0.3, 0.4) is 0 Å². The summed E-state index contributed by atoms with van der Waals surface area (Å²) >= 11 is 0. The maximum Gasteiger partial charge on any atom is 0.270 e. The van der Waals surface area contributed by atoms with Gasteiger partial charge in [-0.05, 0) is 43.0 Å². The number of nitrogens with one attached hydrogen (secondary N) is 1. The van der Waals surface area contributed by atoms with E-state index in [-0.39, 0.29) is 10.6 Å². The summed E-state index contributed by atoms with van der Waals surface area (Å²) in [4.78, 5) is 10.1. The SMILES string of the molecule is C[C@@H]1CCc2oc3ccc(NS(=O)(=O)c4cccc([N+](=O)[O-])c4)cc3c2C1. The monoisotopic (exact) mass is 386 g/mol. The molecule has 1 heterocycles. The molecule has 0 spiro atoms. The van der Waals surface area contributed by atoms with Crippen LogP contribution in [0.1, 0.15) is 24.7 Å². The molecule has 0 saturated heterocycles. The Morgan fingerprint density at radius 1 is 1.22 bits per heavy atom. The zero-order chi connectivity index (χ0) is 19.2. The second-order valence-electron chi connectivity index (χ2n) is 6.92. The van der Waals surface area contributed by atoms with E-state index in [1.54, 1.807) is 18.2 Å². The molecule has 1 atom stereocenters. The van der Waals surface area contributed by atoms with Crippen molar-refractivity contribution in [3.8, 4) is 0 Å². The lowest BCUT2D eigenvalue weighted by Crippen LogP contribution is -2.13. The number of aryl methyl sites for hydroxylation is 1. The van der Waals surface area contributed by atoms with Crippen LogP contribution in [0.15, 0.2) is 51.8 Å². The molecule has 3 aromatic rings.